The Labute approximate surface area is 151 Å². The van der Waals surface area contributed by atoms with E-state index in [0.717, 1.165) is 13.3 Å². The molecule has 1 fully saturated rings. The molecule has 1 aliphatic carbocycles. The number of aliphatic hydroxyl groups is 2. The predicted molar refractivity (Wildman–Crippen MR) is 86.8 cm³/mol. The number of unbranched alkanes of at least 4 members (excludes halogenated alkanes) is 3. The van der Waals surface area contributed by atoms with E-state index >= 15 is 0 Å². The zero-order valence-electron chi connectivity index (χ0n) is 15.0. The van der Waals surface area contributed by atoms with E-state index in [1.54, 1.807) is 0 Å². The molecule has 0 spiro atoms. The second kappa shape index (κ2) is 9.63. The standard InChI is InChI=1S/C17H26O9/c1-17(23,24)11-9-12(18)10(14(11)15(20)26-16(21)22)7-5-3-4-6-8-13(19)25-2/h10-11,14,23-24H,3-9H2,1-2H3,(H,21,22)/t10?,11-,14+/m1/s1. The van der Waals surface area contributed by atoms with E-state index < -0.39 is 35.7 Å². The van der Waals surface area contributed by atoms with E-state index in [1.165, 1.54) is 7.11 Å². The van der Waals surface area contributed by atoms with Crippen LogP contribution in [0.15, 0.2) is 0 Å². The van der Waals surface area contributed by atoms with Gasteiger partial charge in [0.15, 0.2) is 5.79 Å². The number of Topliss-reactive ketones (excluding diaryl/α,β-unsaturated/α-hetero) is 1. The Balaban J connectivity index is 2.65. The van der Waals surface area contributed by atoms with Crippen LogP contribution in [0, 0.1) is 17.8 Å². The second-order valence-electron chi connectivity index (χ2n) is 6.72. The molecular formula is C17H26O9. The molecule has 3 N–H and O–H groups in total. The molecule has 9 heteroatoms. The van der Waals surface area contributed by atoms with Crippen LogP contribution in [-0.2, 0) is 23.9 Å². The van der Waals surface area contributed by atoms with Gasteiger partial charge in [0.2, 0.25) is 0 Å². The average molecular weight is 374 g/mol. The van der Waals surface area contributed by atoms with Gasteiger partial charge in [-0.3, -0.25) is 14.4 Å². The monoisotopic (exact) mass is 374 g/mol. The number of ketones is 1. The molecule has 3 atom stereocenters. The van der Waals surface area contributed by atoms with Crippen LogP contribution in [0.5, 0.6) is 0 Å². The number of hydrogen-bond donors (Lipinski definition) is 3. The second-order valence-corrected chi connectivity index (χ2v) is 6.72. The number of esters is 2. The van der Waals surface area contributed by atoms with E-state index in [-0.39, 0.29) is 18.2 Å². The Morgan fingerprint density at radius 3 is 2.31 bits per heavy atom. The Morgan fingerprint density at radius 2 is 1.77 bits per heavy atom. The van der Waals surface area contributed by atoms with E-state index in [2.05, 4.69) is 9.47 Å². The van der Waals surface area contributed by atoms with E-state index in [4.69, 9.17) is 5.11 Å². The van der Waals surface area contributed by atoms with Crippen LogP contribution in [0.25, 0.3) is 0 Å². The van der Waals surface area contributed by atoms with Crippen LogP contribution in [0.1, 0.15) is 51.9 Å². The molecule has 1 rings (SSSR count). The highest BCUT2D eigenvalue weighted by Gasteiger charge is 2.53. The van der Waals surface area contributed by atoms with Crippen molar-refractivity contribution in [3.8, 4) is 0 Å². The third-order valence-electron chi connectivity index (χ3n) is 4.74. The first-order valence-electron chi connectivity index (χ1n) is 8.56. The Bertz CT molecular complexity index is 535. The maximum Gasteiger partial charge on any atom is 0.513 e. The van der Waals surface area contributed by atoms with Crippen molar-refractivity contribution in [2.24, 2.45) is 17.8 Å². The molecule has 1 saturated carbocycles. The molecule has 0 amide bonds. The topological polar surface area (TPSA) is 147 Å². The van der Waals surface area contributed by atoms with Crippen molar-refractivity contribution in [1.82, 2.24) is 0 Å². The fourth-order valence-corrected chi connectivity index (χ4v) is 3.42. The maximum absolute atomic E-state index is 12.2. The number of methoxy groups -OCH3 is 1. The van der Waals surface area contributed by atoms with Crippen molar-refractivity contribution >= 4 is 23.9 Å². The smallest absolute Gasteiger partial charge is 0.469 e. The van der Waals surface area contributed by atoms with Gasteiger partial charge in [0.25, 0.3) is 0 Å². The number of hydrogen-bond acceptors (Lipinski definition) is 8. The number of rotatable bonds is 9. The summed E-state index contributed by atoms with van der Waals surface area (Å²) >= 11 is 0. The van der Waals surface area contributed by atoms with Gasteiger partial charge in [0.05, 0.1) is 13.0 Å². The van der Waals surface area contributed by atoms with Crippen LogP contribution < -0.4 is 0 Å². The minimum atomic E-state index is -2.30. The molecule has 1 unspecified atom stereocenters. The zero-order chi connectivity index (χ0) is 19.9. The zero-order valence-corrected chi connectivity index (χ0v) is 15.0. The van der Waals surface area contributed by atoms with Gasteiger partial charge in [-0.2, -0.15) is 0 Å². The summed E-state index contributed by atoms with van der Waals surface area (Å²) in [4.78, 5) is 46.0. The van der Waals surface area contributed by atoms with Crippen molar-refractivity contribution < 1.29 is 44.0 Å². The van der Waals surface area contributed by atoms with Crippen LogP contribution in [0.3, 0.4) is 0 Å². The van der Waals surface area contributed by atoms with Crippen LogP contribution in [-0.4, -0.2) is 52.1 Å². The lowest BCUT2D eigenvalue weighted by molar-refractivity contribution is -0.201. The molecule has 0 aromatic rings. The van der Waals surface area contributed by atoms with Gasteiger partial charge in [0.1, 0.15) is 5.78 Å². The molecule has 26 heavy (non-hydrogen) atoms. The first-order chi connectivity index (χ1) is 12.1. The molecular weight excluding hydrogens is 348 g/mol. The Kier molecular flexibility index (Phi) is 8.16. The van der Waals surface area contributed by atoms with Crippen molar-refractivity contribution in [2.45, 2.75) is 57.7 Å². The molecule has 0 saturated heterocycles. The summed E-state index contributed by atoms with van der Waals surface area (Å²) in [5.74, 6) is -7.19. The SMILES string of the molecule is COC(=O)CCCCCCC1C(=O)C[C@@H](C(C)(O)O)[C@H]1C(=O)OC(=O)O. The highest BCUT2D eigenvalue weighted by atomic mass is 16.7. The quantitative estimate of drug-likeness (QED) is 0.235. The van der Waals surface area contributed by atoms with E-state index in [1.807, 2.05) is 0 Å². The molecule has 0 radical (unpaired) electrons. The Morgan fingerprint density at radius 1 is 1.15 bits per heavy atom. The largest absolute Gasteiger partial charge is 0.513 e. The van der Waals surface area contributed by atoms with Gasteiger partial charge >= 0.3 is 18.1 Å². The van der Waals surface area contributed by atoms with Gasteiger partial charge in [-0.05, 0) is 19.8 Å². The van der Waals surface area contributed by atoms with E-state index in [0.29, 0.717) is 32.1 Å². The summed E-state index contributed by atoms with van der Waals surface area (Å²) in [6, 6.07) is 0. The average Bonchev–Trinajstić information content (AvgIpc) is 2.86. The number of carbonyl (C=O) groups excluding carboxylic acids is 3. The van der Waals surface area contributed by atoms with Crippen molar-refractivity contribution in [2.75, 3.05) is 7.11 Å². The highest BCUT2D eigenvalue weighted by molar-refractivity contribution is 5.93. The van der Waals surface area contributed by atoms with Crippen LogP contribution in [0.4, 0.5) is 4.79 Å². The van der Waals surface area contributed by atoms with Crippen LogP contribution in [0.2, 0.25) is 0 Å². The molecule has 0 aliphatic heterocycles. The first-order valence-corrected chi connectivity index (χ1v) is 8.56. The van der Waals surface area contributed by atoms with Gasteiger partial charge in [0, 0.05) is 24.7 Å². The fraction of sp³-hybridized carbons (Fsp3) is 0.765. The summed E-state index contributed by atoms with van der Waals surface area (Å²) < 4.78 is 8.71. The summed E-state index contributed by atoms with van der Waals surface area (Å²) in [7, 11) is 1.32. The molecule has 0 bridgehead atoms. The maximum atomic E-state index is 12.2. The third kappa shape index (κ3) is 6.38. The molecule has 0 aromatic carbocycles. The minimum absolute atomic E-state index is 0.226. The number of ether oxygens (including phenoxy) is 2. The summed E-state index contributed by atoms with van der Waals surface area (Å²) in [5.41, 5.74) is 0. The highest BCUT2D eigenvalue weighted by Crippen LogP contribution is 2.43. The minimum Gasteiger partial charge on any atom is -0.469 e. The van der Waals surface area contributed by atoms with E-state index in [9.17, 15) is 29.4 Å². The van der Waals surface area contributed by atoms with Crippen molar-refractivity contribution in [3.63, 3.8) is 0 Å². The van der Waals surface area contributed by atoms with Gasteiger partial charge in [-0.1, -0.05) is 19.3 Å². The first kappa shape index (κ1) is 22.0. The van der Waals surface area contributed by atoms with Crippen molar-refractivity contribution in [1.29, 1.82) is 0 Å². The molecule has 1 aliphatic rings. The molecule has 0 heterocycles. The summed E-state index contributed by atoms with van der Waals surface area (Å²) in [5, 5.41) is 28.3. The van der Waals surface area contributed by atoms with Crippen LogP contribution >= 0.6 is 0 Å². The Hall–Kier alpha value is -2.00. The number of carbonyl (C=O) groups is 4. The molecule has 0 aromatic heterocycles. The predicted octanol–water partition coefficient (Wildman–Crippen LogP) is 1.24. The van der Waals surface area contributed by atoms with Gasteiger partial charge in [-0.15, -0.1) is 0 Å². The lowest BCUT2D eigenvalue weighted by Gasteiger charge is -2.29. The summed E-state index contributed by atoms with van der Waals surface area (Å²) in [6.07, 6.45) is 1.26. The van der Waals surface area contributed by atoms with Gasteiger partial charge in [-0.25, -0.2) is 4.79 Å². The molecule has 9 nitrogen and oxygen atoms in total. The summed E-state index contributed by atoms with van der Waals surface area (Å²) in [6.45, 7) is 1.06. The fourth-order valence-electron chi connectivity index (χ4n) is 3.42. The van der Waals surface area contributed by atoms with Gasteiger partial charge < -0.3 is 24.8 Å². The molecule has 148 valence electrons. The lowest BCUT2D eigenvalue weighted by Crippen LogP contribution is -2.41. The number of carboxylic acid groups (broad SMARTS) is 1. The normalized spacial score (nSPS) is 22.9. The third-order valence-corrected chi connectivity index (χ3v) is 4.74. The lowest BCUT2D eigenvalue weighted by atomic mass is 9.82. The van der Waals surface area contributed by atoms with Crippen molar-refractivity contribution in [3.05, 3.63) is 0 Å².